The molecule has 5 rings (SSSR count). The smallest absolute Gasteiger partial charge is 0.340 e. The van der Waals surface area contributed by atoms with E-state index in [1.54, 1.807) is 17.6 Å². The van der Waals surface area contributed by atoms with E-state index in [4.69, 9.17) is 4.74 Å². The highest BCUT2D eigenvalue weighted by Gasteiger charge is 2.20. The van der Waals surface area contributed by atoms with Gasteiger partial charge in [0.2, 0.25) is 0 Å². The van der Waals surface area contributed by atoms with Crippen LogP contribution in [0.15, 0.2) is 54.9 Å². The summed E-state index contributed by atoms with van der Waals surface area (Å²) in [7, 11) is 0. The molecule has 5 aromatic rings. The summed E-state index contributed by atoms with van der Waals surface area (Å²) in [6, 6.07) is 16.8. The van der Waals surface area contributed by atoms with Crippen LogP contribution in [0.5, 0.6) is 0 Å². The van der Waals surface area contributed by atoms with Gasteiger partial charge in [-0.3, -0.25) is 0 Å². The Morgan fingerprint density at radius 1 is 1.15 bits per heavy atom. The van der Waals surface area contributed by atoms with Crippen molar-refractivity contribution in [1.29, 1.82) is 5.26 Å². The van der Waals surface area contributed by atoms with Gasteiger partial charge < -0.3 is 14.6 Å². The molecule has 0 aliphatic rings. The lowest BCUT2D eigenvalue weighted by atomic mass is 10.1. The quantitative estimate of drug-likeness (QED) is 0.364. The first-order valence-electron chi connectivity index (χ1n) is 10.9. The number of rotatable bonds is 5. The molecule has 0 radical (unpaired) electrons. The lowest BCUT2D eigenvalue weighted by Gasteiger charge is -2.12. The van der Waals surface area contributed by atoms with Gasteiger partial charge in [-0.2, -0.15) is 10.4 Å². The largest absolute Gasteiger partial charge is 0.462 e. The summed E-state index contributed by atoms with van der Waals surface area (Å²) in [5, 5.41) is 19.8. The van der Waals surface area contributed by atoms with Gasteiger partial charge in [0.25, 0.3) is 0 Å². The van der Waals surface area contributed by atoms with Gasteiger partial charge in [0.15, 0.2) is 0 Å². The number of hydrogen-bond donors (Lipinski definition) is 1. The summed E-state index contributed by atoms with van der Waals surface area (Å²) in [6.07, 6.45) is 3.15. The molecule has 7 heteroatoms. The van der Waals surface area contributed by atoms with Crippen LogP contribution in [0.1, 0.15) is 35.3 Å². The average Bonchev–Trinajstić information content (AvgIpc) is 3.34. The topological polar surface area (TPSA) is 84.3 Å². The Kier molecular flexibility index (Phi) is 4.98. The van der Waals surface area contributed by atoms with E-state index in [1.807, 2.05) is 19.1 Å². The van der Waals surface area contributed by atoms with Crippen LogP contribution in [0.4, 0.5) is 11.4 Å². The molecule has 0 atom stereocenters. The second kappa shape index (κ2) is 7.99. The van der Waals surface area contributed by atoms with Gasteiger partial charge in [-0.05, 0) is 50.6 Å². The van der Waals surface area contributed by atoms with Crippen LogP contribution in [-0.4, -0.2) is 26.8 Å². The molecule has 33 heavy (non-hydrogen) atoms. The summed E-state index contributed by atoms with van der Waals surface area (Å²) in [6.45, 7) is 6.92. The molecule has 164 valence electrons. The van der Waals surface area contributed by atoms with Crippen LogP contribution < -0.4 is 5.32 Å². The van der Waals surface area contributed by atoms with Gasteiger partial charge in [0.1, 0.15) is 6.07 Å². The predicted octanol–water partition coefficient (Wildman–Crippen LogP) is 5.56. The minimum absolute atomic E-state index is 0.290. The molecule has 0 fully saturated rings. The zero-order valence-electron chi connectivity index (χ0n) is 18.7. The second-order valence-corrected chi connectivity index (χ2v) is 7.84. The molecular weight excluding hydrogens is 414 g/mol. The van der Waals surface area contributed by atoms with Crippen LogP contribution in [-0.2, 0) is 11.3 Å². The molecule has 2 aromatic carbocycles. The summed E-state index contributed by atoms with van der Waals surface area (Å²) < 4.78 is 9.10. The Balaban J connectivity index is 1.68. The minimum atomic E-state index is -0.404. The van der Waals surface area contributed by atoms with Crippen molar-refractivity contribution in [2.24, 2.45) is 0 Å². The molecule has 3 heterocycles. The molecule has 0 amide bonds. The summed E-state index contributed by atoms with van der Waals surface area (Å²) in [5.74, 6) is -0.404. The molecule has 0 aliphatic heterocycles. The van der Waals surface area contributed by atoms with Crippen LogP contribution in [0, 0.1) is 18.3 Å². The lowest BCUT2D eigenvalue weighted by molar-refractivity contribution is 0.0525. The van der Waals surface area contributed by atoms with Crippen LogP contribution in [0.25, 0.3) is 27.3 Å². The number of ether oxygens (including phenoxy) is 1. The average molecular weight is 438 g/mol. The third kappa shape index (κ3) is 3.19. The molecule has 7 nitrogen and oxygen atoms in total. The van der Waals surface area contributed by atoms with Crippen LogP contribution in [0.2, 0.25) is 0 Å². The minimum Gasteiger partial charge on any atom is -0.462 e. The molecule has 0 saturated carbocycles. The van der Waals surface area contributed by atoms with Crippen molar-refractivity contribution in [3.63, 3.8) is 0 Å². The number of aryl methyl sites for hydroxylation is 2. The highest BCUT2D eigenvalue weighted by molar-refractivity contribution is 6.09. The zero-order valence-corrected chi connectivity index (χ0v) is 18.7. The maximum Gasteiger partial charge on any atom is 0.340 e. The van der Waals surface area contributed by atoms with Crippen molar-refractivity contribution in [2.45, 2.75) is 27.3 Å². The molecule has 0 aliphatic carbocycles. The normalized spacial score (nSPS) is 11.2. The van der Waals surface area contributed by atoms with E-state index in [1.165, 1.54) is 17.1 Å². The van der Waals surface area contributed by atoms with Crippen molar-refractivity contribution in [3.8, 4) is 6.07 Å². The maximum atomic E-state index is 12.4. The van der Waals surface area contributed by atoms with Crippen molar-refractivity contribution in [3.05, 3.63) is 71.5 Å². The number of nitrogens with zero attached hydrogens (tertiary/aromatic N) is 4. The Labute approximate surface area is 190 Å². The van der Waals surface area contributed by atoms with Crippen LogP contribution in [0.3, 0.4) is 0 Å². The summed E-state index contributed by atoms with van der Waals surface area (Å²) >= 11 is 0. The Bertz CT molecular complexity index is 1590. The monoisotopic (exact) mass is 437 g/mol. The molecule has 0 saturated heterocycles. The fraction of sp³-hybridized carbons (Fsp3) is 0.192. The number of esters is 1. The number of para-hydroxylation sites is 1. The van der Waals surface area contributed by atoms with Gasteiger partial charge in [-0.15, -0.1) is 0 Å². The zero-order chi connectivity index (χ0) is 23.1. The highest BCUT2D eigenvalue weighted by atomic mass is 16.5. The fourth-order valence-electron chi connectivity index (χ4n) is 4.53. The van der Waals surface area contributed by atoms with E-state index in [-0.39, 0.29) is 6.61 Å². The molecule has 3 aromatic heterocycles. The first-order chi connectivity index (χ1) is 16.1. The van der Waals surface area contributed by atoms with Gasteiger partial charge in [-0.25, -0.2) is 9.31 Å². The number of carbonyl (C=O) groups excluding carboxylic acids is 1. The number of fused-ring (bicyclic) bond motifs is 4. The summed E-state index contributed by atoms with van der Waals surface area (Å²) in [4.78, 5) is 12.4. The maximum absolute atomic E-state index is 12.4. The standard InChI is InChI=1S/C26H23N5O2/c1-4-30-22-9-7-6-8-19(22)20-12-18(10-11-23(20)30)29-24-17(13-27)14-28-31-15-21(16(3)25(24)31)26(32)33-5-2/h6-12,14-15,29H,4-5H2,1-3H3. The molecule has 0 unspecified atom stereocenters. The van der Waals surface area contributed by atoms with Crippen LogP contribution >= 0.6 is 0 Å². The number of anilines is 2. The number of benzene rings is 2. The van der Waals surface area contributed by atoms with Crippen molar-refractivity contribution < 1.29 is 9.53 Å². The predicted molar refractivity (Wildman–Crippen MR) is 129 cm³/mol. The molecule has 0 bridgehead atoms. The third-order valence-corrected chi connectivity index (χ3v) is 6.03. The van der Waals surface area contributed by atoms with Crippen molar-refractivity contribution >= 4 is 44.7 Å². The molecule has 1 N–H and O–H groups in total. The van der Waals surface area contributed by atoms with E-state index < -0.39 is 5.97 Å². The van der Waals surface area contributed by atoms with E-state index in [0.29, 0.717) is 27.9 Å². The van der Waals surface area contributed by atoms with E-state index in [0.717, 1.165) is 23.1 Å². The summed E-state index contributed by atoms with van der Waals surface area (Å²) in [5.41, 5.74) is 6.03. The number of nitriles is 1. The number of carbonyl (C=O) groups is 1. The van der Waals surface area contributed by atoms with E-state index in [9.17, 15) is 10.1 Å². The van der Waals surface area contributed by atoms with Gasteiger partial charge in [0, 0.05) is 40.2 Å². The third-order valence-electron chi connectivity index (χ3n) is 6.03. The Morgan fingerprint density at radius 2 is 1.94 bits per heavy atom. The first kappa shape index (κ1) is 20.6. The SMILES string of the molecule is CCOC(=O)c1cn2ncc(C#N)c(Nc3ccc4c(c3)c3ccccc3n4CC)c2c1C. The molecular formula is C26H23N5O2. The Morgan fingerprint density at radius 3 is 2.70 bits per heavy atom. The van der Waals surface area contributed by atoms with Gasteiger partial charge in [-0.1, -0.05) is 18.2 Å². The highest BCUT2D eigenvalue weighted by Crippen LogP contribution is 2.34. The first-order valence-corrected chi connectivity index (χ1v) is 10.9. The van der Waals surface area contributed by atoms with Gasteiger partial charge in [0.05, 0.1) is 35.1 Å². The van der Waals surface area contributed by atoms with E-state index >= 15 is 0 Å². The number of aromatic nitrogens is 3. The van der Waals surface area contributed by atoms with Crippen molar-refractivity contribution in [2.75, 3.05) is 11.9 Å². The second-order valence-electron chi connectivity index (χ2n) is 7.84. The molecule has 0 spiro atoms. The number of hydrogen-bond acceptors (Lipinski definition) is 5. The van der Waals surface area contributed by atoms with Gasteiger partial charge >= 0.3 is 5.97 Å². The fourth-order valence-corrected chi connectivity index (χ4v) is 4.53. The Hall–Kier alpha value is -4.31. The number of nitrogens with one attached hydrogen (secondary N) is 1. The van der Waals surface area contributed by atoms with E-state index in [2.05, 4.69) is 58.3 Å². The lowest BCUT2D eigenvalue weighted by Crippen LogP contribution is -2.04. The van der Waals surface area contributed by atoms with Crippen molar-refractivity contribution in [1.82, 2.24) is 14.2 Å².